The van der Waals surface area contributed by atoms with Crippen molar-refractivity contribution in [2.45, 2.75) is 26.6 Å². The van der Waals surface area contributed by atoms with Gasteiger partial charge in [0.1, 0.15) is 21.6 Å². The van der Waals surface area contributed by atoms with Crippen molar-refractivity contribution in [3.8, 4) is 5.75 Å². The summed E-state index contributed by atoms with van der Waals surface area (Å²) in [5.74, 6) is 0.288. The van der Waals surface area contributed by atoms with Crippen molar-refractivity contribution in [3.05, 3.63) is 63.1 Å². The molecular weight excluding hydrogens is 425 g/mol. The van der Waals surface area contributed by atoms with E-state index < -0.39 is 0 Å². The highest BCUT2D eigenvalue weighted by Crippen LogP contribution is 2.25. The molecule has 28 heavy (non-hydrogen) atoms. The van der Waals surface area contributed by atoms with Gasteiger partial charge in [-0.2, -0.15) is 10.2 Å². The van der Waals surface area contributed by atoms with Crippen molar-refractivity contribution in [3.63, 3.8) is 0 Å². The van der Waals surface area contributed by atoms with Crippen LogP contribution in [-0.4, -0.2) is 32.0 Å². The number of aromatic nitrogens is 4. The molecule has 0 saturated carbocycles. The van der Waals surface area contributed by atoms with Gasteiger partial charge in [0, 0.05) is 19.3 Å². The van der Waals surface area contributed by atoms with Crippen molar-refractivity contribution < 1.29 is 9.53 Å². The fourth-order valence-electron chi connectivity index (χ4n) is 2.45. The summed E-state index contributed by atoms with van der Waals surface area (Å²) in [5, 5.41) is 12.6. The van der Waals surface area contributed by atoms with E-state index in [0.29, 0.717) is 51.8 Å². The van der Waals surface area contributed by atoms with Gasteiger partial charge in [-0.3, -0.25) is 9.48 Å². The molecule has 2 aromatic heterocycles. The zero-order chi connectivity index (χ0) is 20.1. The second kappa shape index (κ2) is 9.32. The first-order valence-corrected chi connectivity index (χ1v) is 9.66. The lowest BCUT2D eigenvalue weighted by Crippen LogP contribution is -2.26. The normalized spacial score (nSPS) is 10.9. The lowest BCUT2D eigenvalue weighted by Gasteiger charge is -2.07. The lowest BCUT2D eigenvalue weighted by molar-refractivity contribution is 0.0945. The standard InChI is InChI=1S/C18H18Cl3N5O2/c1-12-16(20)17(21)26(23-12)9-4-8-22-18(27)14-7-10-25(24-14)11-28-15-6-3-2-5-13(15)19/h2-3,5-7,10H,4,8-9,11H2,1H3,(H,22,27). The Balaban J connectivity index is 1.45. The molecule has 0 spiro atoms. The SMILES string of the molecule is Cc1nn(CCCNC(=O)c2ccn(COc3ccccc3Cl)n2)c(Cl)c1Cl. The second-order valence-electron chi connectivity index (χ2n) is 5.97. The number of aryl methyl sites for hydroxylation is 2. The molecule has 0 bridgehead atoms. The van der Waals surface area contributed by atoms with Crippen LogP contribution in [0.1, 0.15) is 22.6 Å². The average molecular weight is 443 g/mol. The molecule has 1 amide bonds. The number of ether oxygens (including phenoxy) is 1. The van der Waals surface area contributed by atoms with Crippen LogP contribution in [0.3, 0.4) is 0 Å². The molecule has 7 nitrogen and oxygen atoms in total. The number of nitrogens with one attached hydrogen (secondary N) is 1. The molecule has 0 radical (unpaired) electrons. The molecule has 1 N–H and O–H groups in total. The number of rotatable bonds is 8. The van der Waals surface area contributed by atoms with Crippen molar-refractivity contribution in [1.29, 1.82) is 0 Å². The monoisotopic (exact) mass is 441 g/mol. The molecule has 0 aliphatic heterocycles. The fourth-order valence-corrected chi connectivity index (χ4v) is 3.04. The number of carbonyl (C=O) groups excluding carboxylic acids is 1. The Bertz CT molecular complexity index is 970. The Hall–Kier alpha value is -2.22. The van der Waals surface area contributed by atoms with E-state index >= 15 is 0 Å². The minimum Gasteiger partial charge on any atom is -0.470 e. The van der Waals surface area contributed by atoms with Crippen LogP contribution in [0.15, 0.2) is 36.5 Å². The molecule has 0 unspecified atom stereocenters. The molecule has 148 valence electrons. The first kappa shape index (κ1) is 20.5. The predicted octanol–water partition coefficient (Wildman–Crippen LogP) is 4.20. The summed E-state index contributed by atoms with van der Waals surface area (Å²) < 4.78 is 8.73. The fraction of sp³-hybridized carbons (Fsp3) is 0.278. The molecule has 2 heterocycles. The molecule has 10 heteroatoms. The topological polar surface area (TPSA) is 74.0 Å². The van der Waals surface area contributed by atoms with Gasteiger partial charge in [0.15, 0.2) is 6.73 Å². The average Bonchev–Trinajstić information content (AvgIpc) is 3.25. The van der Waals surface area contributed by atoms with Gasteiger partial charge in [0.2, 0.25) is 0 Å². The van der Waals surface area contributed by atoms with Crippen LogP contribution in [-0.2, 0) is 13.3 Å². The van der Waals surface area contributed by atoms with Gasteiger partial charge in [0.25, 0.3) is 5.91 Å². The highest BCUT2D eigenvalue weighted by molar-refractivity contribution is 6.41. The van der Waals surface area contributed by atoms with Crippen molar-refractivity contribution in [2.75, 3.05) is 6.54 Å². The van der Waals surface area contributed by atoms with Gasteiger partial charge in [-0.15, -0.1) is 0 Å². The smallest absolute Gasteiger partial charge is 0.271 e. The summed E-state index contributed by atoms with van der Waals surface area (Å²) in [6, 6.07) is 8.78. The molecule has 0 aliphatic carbocycles. The summed E-state index contributed by atoms with van der Waals surface area (Å²) in [6.45, 7) is 2.94. The number of amides is 1. The largest absolute Gasteiger partial charge is 0.470 e. The van der Waals surface area contributed by atoms with E-state index in [1.807, 2.05) is 12.1 Å². The summed E-state index contributed by atoms with van der Waals surface area (Å²) in [7, 11) is 0. The third-order valence-electron chi connectivity index (χ3n) is 3.89. The number of halogens is 3. The minimum absolute atomic E-state index is 0.148. The third kappa shape index (κ3) is 4.98. The maximum atomic E-state index is 12.2. The Morgan fingerprint density at radius 1 is 1.18 bits per heavy atom. The number of para-hydroxylation sites is 1. The van der Waals surface area contributed by atoms with Crippen LogP contribution in [0.4, 0.5) is 0 Å². The van der Waals surface area contributed by atoms with E-state index in [4.69, 9.17) is 39.5 Å². The van der Waals surface area contributed by atoms with Crippen LogP contribution in [0, 0.1) is 6.92 Å². The summed E-state index contributed by atoms with van der Waals surface area (Å²) in [4.78, 5) is 12.2. The van der Waals surface area contributed by atoms with Crippen LogP contribution in [0.5, 0.6) is 5.75 Å². The van der Waals surface area contributed by atoms with E-state index in [1.54, 1.807) is 36.0 Å². The highest BCUT2D eigenvalue weighted by atomic mass is 35.5. The van der Waals surface area contributed by atoms with Crippen molar-refractivity contribution >= 4 is 40.7 Å². The number of benzene rings is 1. The third-order valence-corrected chi connectivity index (χ3v) is 5.14. The second-order valence-corrected chi connectivity index (χ2v) is 7.11. The zero-order valence-electron chi connectivity index (χ0n) is 15.0. The van der Waals surface area contributed by atoms with Crippen LogP contribution < -0.4 is 10.1 Å². The number of nitrogens with zero attached hydrogens (tertiary/aromatic N) is 4. The van der Waals surface area contributed by atoms with Crippen LogP contribution in [0.25, 0.3) is 0 Å². The van der Waals surface area contributed by atoms with E-state index in [9.17, 15) is 4.79 Å². The van der Waals surface area contributed by atoms with Gasteiger partial charge in [-0.1, -0.05) is 46.9 Å². The Labute approximate surface area is 177 Å². The zero-order valence-corrected chi connectivity index (χ0v) is 17.3. The first-order valence-electron chi connectivity index (χ1n) is 8.53. The van der Waals surface area contributed by atoms with E-state index in [2.05, 4.69) is 15.5 Å². The molecule has 3 rings (SSSR count). The molecule has 0 aliphatic rings. The molecule has 3 aromatic rings. The number of hydrogen-bond donors (Lipinski definition) is 1. The van der Waals surface area contributed by atoms with Gasteiger partial charge in [0.05, 0.1) is 10.7 Å². The lowest BCUT2D eigenvalue weighted by atomic mass is 10.3. The Kier molecular flexibility index (Phi) is 6.83. The van der Waals surface area contributed by atoms with Gasteiger partial charge in [-0.25, -0.2) is 4.68 Å². The van der Waals surface area contributed by atoms with Gasteiger partial charge in [-0.05, 0) is 31.5 Å². The van der Waals surface area contributed by atoms with Gasteiger partial charge < -0.3 is 10.1 Å². The minimum atomic E-state index is -0.266. The Morgan fingerprint density at radius 2 is 1.96 bits per heavy atom. The molecule has 0 fully saturated rings. The summed E-state index contributed by atoms with van der Waals surface area (Å²) in [6.07, 6.45) is 2.32. The van der Waals surface area contributed by atoms with Gasteiger partial charge >= 0.3 is 0 Å². The number of hydrogen-bond acceptors (Lipinski definition) is 4. The summed E-state index contributed by atoms with van der Waals surface area (Å²) in [5.41, 5.74) is 0.985. The maximum Gasteiger partial charge on any atom is 0.271 e. The molecule has 1 aromatic carbocycles. The van der Waals surface area contributed by atoms with E-state index in [1.165, 1.54) is 4.68 Å². The molecular formula is C18H18Cl3N5O2. The number of carbonyl (C=O) groups is 1. The van der Waals surface area contributed by atoms with E-state index in [0.717, 1.165) is 0 Å². The predicted molar refractivity (Wildman–Crippen MR) is 108 cm³/mol. The van der Waals surface area contributed by atoms with Crippen LogP contribution >= 0.6 is 34.8 Å². The Morgan fingerprint density at radius 3 is 2.68 bits per heavy atom. The summed E-state index contributed by atoms with van der Waals surface area (Å²) >= 11 is 18.1. The maximum absolute atomic E-state index is 12.2. The highest BCUT2D eigenvalue weighted by Gasteiger charge is 2.12. The quantitative estimate of drug-likeness (QED) is 0.531. The molecule has 0 atom stereocenters. The molecule has 0 saturated heterocycles. The van der Waals surface area contributed by atoms with Crippen LogP contribution in [0.2, 0.25) is 15.2 Å². The van der Waals surface area contributed by atoms with E-state index in [-0.39, 0.29) is 12.6 Å². The first-order chi connectivity index (χ1) is 13.5. The van der Waals surface area contributed by atoms with Crippen molar-refractivity contribution in [1.82, 2.24) is 24.9 Å². The van der Waals surface area contributed by atoms with Crippen molar-refractivity contribution in [2.24, 2.45) is 0 Å².